The van der Waals surface area contributed by atoms with Crippen LogP contribution in [-0.2, 0) is 34.3 Å². The predicted molar refractivity (Wildman–Crippen MR) is 186 cm³/mol. The zero-order valence-corrected chi connectivity index (χ0v) is 29.1. The van der Waals surface area contributed by atoms with Crippen molar-refractivity contribution in [3.05, 3.63) is 53.3 Å². The van der Waals surface area contributed by atoms with Crippen LogP contribution in [0.5, 0.6) is 0 Å². The van der Waals surface area contributed by atoms with E-state index in [0.717, 1.165) is 62.4 Å². The summed E-state index contributed by atoms with van der Waals surface area (Å²) in [5, 5.41) is 10.1. The van der Waals surface area contributed by atoms with E-state index in [-0.39, 0.29) is 29.4 Å². The number of nitrogens with one attached hydrogen (secondary N) is 2. The number of aryl methyl sites for hydroxylation is 2. The average molecular weight is 661 g/mol. The number of piperazine rings is 1. The summed E-state index contributed by atoms with van der Waals surface area (Å²) in [4.78, 5) is 57.2. The Bertz CT molecular complexity index is 1350. The van der Waals surface area contributed by atoms with Gasteiger partial charge in [0.15, 0.2) is 5.78 Å². The van der Waals surface area contributed by atoms with Gasteiger partial charge < -0.3 is 15.5 Å². The molecular formula is C38H56N6O4. The van der Waals surface area contributed by atoms with Gasteiger partial charge in [-0.05, 0) is 61.1 Å². The van der Waals surface area contributed by atoms with Crippen molar-refractivity contribution in [2.24, 2.45) is 18.9 Å². The van der Waals surface area contributed by atoms with Gasteiger partial charge in [0.25, 0.3) is 5.91 Å². The molecule has 3 aliphatic rings. The zero-order valence-electron chi connectivity index (χ0n) is 29.1. The largest absolute Gasteiger partial charge is 0.344 e. The summed E-state index contributed by atoms with van der Waals surface area (Å²) in [6, 6.07) is 8.60. The van der Waals surface area contributed by atoms with Crippen molar-refractivity contribution in [3.8, 4) is 0 Å². The molecule has 1 saturated heterocycles. The summed E-state index contributed by atoms with van der Waals surface area (Å²) in [5.74, 6) is 0.610. The maximum absolute atomic E-state index is 13.7. The smallest absolute Gasteiger partial charge is 0.270 e. The number of aromatic nitrogens is 2. The van der Waals surface area contributed by atoms with E-state index in [9.17, 15) is 19.2 Å². The molecule has 0 spiro atoms. The van der Waals surface area contributed by atoms with Gasteiger partial charge in [0.2, 0.25) is 11.8 Å². The number of hydrogen-bond donors (Lipinski definition) is 2. The third-order valence-electron chi connectivity index (χ3n) is 10.8. The molecule has 2 aliphatic carbocycles. The second-order valence-corrected chi connectivity index (χ2v) is 14.3. The lowest BCUT2D eigenvalue weighted by Gasteiger charge is -2.38. The van der Waals surface area contributed by atoms with Crippen LogP contribution in [0.2, 0.25) is 0 Å². The van der Waals surface area contributed by atoms with E-state index in [1.807, 2.05) is 29.2 Å². The number of benzene rings is 1. The van der Waals surface area contributed by atoms with Crippen molar-refractivity contribution < 1.29 is 19.2 Å². The second-order valence-electron chi connectivity index (χ2n) is 14.3. The van der Waals surface area contributed by atoms with Crippen molar-refractivity contribution in [2.75, 3.05) is 32.7 Å². The number of nitrogens with zero attached hydrogens (tertiary/aromatic N) is 4. The van der Waals surface area contributed by atoms with Gasteiger partial charge in [-0.25, -0.2) is 0 Å². The monoisotopic (exact) mass is 660 g/mol. The van der Waals surface area contributed by atoms with Crippen LogP contribution in [0.1, 0.15) is 106 Å². The number of rotatable bonds is 14. The van der Waals surface area contributed by atoms with Crippen molar-refractivity contribution in [1.29, 1.82) is 0 Å². The minimum Gasteiger partial charge on any atom is -0.344 e. The van der Waals surface area contributed by atoms with Crippen LogP contribution in [0.3, 0.4) is 0 Å². The number of carbonyl (C=O) groups is 4. The van der Waals surface area contributed by atoms with Gasteiger partial charge in [0.1, 0.15) is 11.7 Å². The fraction of sp³-hybridized carbons (Fsp3) is 0.658. The van der Waals surface area contributed by atoms with Crippen molar-refractivity contribution in [3.63, 3.8) is 0 Å². The lowest BCUT2D eigenvalue weighted by Crippen LogP contribution is -2.56. The molecular weight excluding hydrogens is 604 g/mol. The van der Waals surface area contributed by atoms with Gasteiger partial charge in [0.05, 0.1) is 6.04 Å². The zero-order chi connectivity index (χ0) is 33.9. The van der Waals surface area contributed by atoms with Gasteiger partial charge in [-0.2, -0.15) is 5.10 Å². The summed E-state index contributed by atoms with van der Waals surface area (Å²) < 4.78 is 1.53. The highest BCUT2D eigenvalue weighted by molar-refractivity contribution is 5.97. The lowest BCUT2D eigenvalue weighted by molar-refractivity contribution is -0.138. The Morgan fingerprint density at radius 3 is 2.10 bits per heavy atom. The highest BCUT2D eigenvalue weighted by atomic mass is 16.2. The molecule has 10 heteroatoms. The Morgan fingerprint density at radius 2 is 1.48 bits per heavy atom. The molecule has 5 rings (SSSR count). The molecule has 1 aromatic heterocycles. The topological polar surface area (TPSA) is 117 Å². The highest BCUT2D eigenvalue weighted by Gasteiger charge is 2.32. The molecule has 2 aromatic rings. The van der Waals surface area contributed by atoms with Crippen molar-refractivity contribution >= 4 is 23.5 Å². The molecule has 1 aromatic carbocycles. The van der Waals surface area contributed by atoms with Crippen LogP contribution in [0, 0.1) is 11.8 Å². The minimum absolute atomic E-state index is 0.00860. The normalized spacial score (nSPS) is 19.4. The molecule has 48 heavy (non-hydrogen) atoms. The Kier molecular flexibility index (Phi) is 13.2. The number of Topliss-reactive ketones (excluding diaryl/α,β-unsaturated/α-hetero) is 1. The van der Waals surface area contributed by atoms with E-state index in [0.29, 0.717) is 44.5 Å². The average Bonchev–Trinajstić information content (AvgIpc) is 3.56. The fourth-order valence-electron chi connectivity index (χ4n) is 7.84. The first kappa shape index (κ1) is 35.8. The summed E-state index contributed by atoms with van der Waals surface area (Å²) >= 11 is 0. The summed E-state index contributed by atoms with van der Waals surface area (Å²) in [7, 11) is 1.73. The minimum atomic E-state index is -0.603. The Morgan fingerprint density at radius 1 is 0.833 bits per heavy atom. The summed E-state index contributed by atoms with van der Waals surface area (Å²) in [6.07, 6.45) is 15.2. The molecule has 0 radical (unpaired) electrons. The number of hydrogen-bond acceptors (Lipinski definition) is 6. The Hall–Kier alpha value is -3.53. The van der Waals surface area contributed by atoms with E-state index < -0.39 is 12.1 Å². The van der Waals surface area contributed by atoms with E-state index in [1.165, 1.54) is 43.2 Å². The van der Waals surface area contributed by atoms with Crippen molar-refractivity contribution in [2.45, 2.75) is 109 Å². The molecule has 2 heterocycles. The van der Waals surface area contributed by atoms with E-state index in [2.05, 4.69) is 20.6 Å². The molecule has 0 unspecified atom stereocenters. The predicted octanol–water partition coefficient (Wildman–Crippen LogP) is 4.46. The van der Waals surface area contributed by atoms with Gasteiger partial charge >= 0.3 is 0 Å². The molecule has 2 saturated carbocycles. The van der Waals surface area contributed by atoms with Gasteiger partial charge in [-0.15, -0.1) is 0 Å². The first-order valence-corrected chi connectivity index (χ1v) is 18.5. The number of ketones is 1. The maximum atomic E-state index is 13.7. The van der Waals surface area contributed by atoms with Crippen LogP contribution >= 0.6 is 0 Å². The highest BCUT2D eigenvalue weighted by Crippen LogP contribution is 2.28. The molecule has 10 nitrogen and oxygen atoms in total. The van der Waals surface area contributed by atoms with Gasteiger partial charge in [-0.3, -0.25) is 28.8 Å². The van der Waals surface area contributed by atoms with Crippen LogP contribution in [0.15, 0.2) is 36.5 Å². The molecule has 3 fully saturated rings. The van der Waals surface area contributed by atoms with Crippen molar-refractivity contribution in [1.82, 2.24) is 30.2 Å². The first-order valence-electron chi connectivity index (χ1n) is 18.5. The van der Waals surface area contributed by atoms with E-state index >= 15 is 0 Å². The molecule has 0 bridgehead atoms. The quantitative estimate of drug-likeness (QED) is 0.309. The maximum Gasteiger partial charge on any atom is 0.270 e. The SMILES string of the molecule is CCC(=O)N[C@H](Cc1ccc(CCC(=O)[C@@H](NC(=O)c2ccnn2C)C2CCCCC2)cc1)C(=O)N1CCN(CC2CCCCC2)CC1. The van der Waals surface area contributed by atoms with Gasteiger partial charge in [0, 0.05) is 65.2 Å². The Balaban J connectivity index is 1.15. The van der Waals surface area contributed by atoms with Crippen LogP contribution in [-0.4, -0.2) is 87.9 Å². The first-order chi connectivity index (χ1) is 23.3. The third-order valence-corrected chi connectivity index (χ3v) is 10.8. The number of amides is 3. The van der Waals surface area contributed by atoms with Gasteiger partial charge in [-0.1, -0.05) is 69.7 Å². The second kappa shape index (κ2) is 17.7. The number of carbonyl (C=O) groups excluding carboxylic acids is 4. The molecule has 262 valence electrons. The summed E-state index contributed by atoms with van der Waals surface area (Å²) in [6.45, 7) is 6.11. The molecule has 1 aliphatic heterocycles. The summed E-state index contributed by atoms with van der Waals surface area (Å²) in [5.41, 5.74) is 2.45. The Labute approximate surface area is 286 Å². The van der Waals surface area contributed by atoms with Crippen LogP contribution in [0.4, 0.5) is 0 Å². The van der Waals surface area contributed by atoms with E-state index in [1.54, 1.807) is 26.2 Å². The molecule has 2 atom stereocenters. The standard InChI is InChI=1S/C38H56N6O4/c1-3-35(46)40-32(38(48)44-24-22-43(23-25-44)27-30-10-6-4-7-11-30)26-29-16-14-28(15-17-29)18-19-34(45)36(31-12-8-5-9-13-31)41-37(47)33-20-21-39-42(33)2/h14-17,20-21,30-32,36H,3-13,18-19,22-27H2,1-2H3,(H,40,46)(H,41,47)/t32-,36+/m1/s1. The van der Waals surface area contributed by atoms with Crippen LogP contribution in [0.25, 0.3) is 0 Å². The molecule has 2 N–H and O–H groups in total. The lowest BCUT2D eigenvalue weighted by atomic mass is 9.81. The molecule has 3 amide bonds. The third kappa shape index (κ3) is 10.00. The fourth-order valence-corrected chi connectivity index (χ4v) is 7.84. The van der Waals surface area contributed by atoms with E-state index in [4.69, 9.17) is 0 Å². The van der Waals surface area contributed by atoms with Crippen LogP contribution < -0.4 is 10.6 Å².